The third kappa shape index (κ3) is 4.41. The number of aliphatic hydroxyl groups excluding tert-OH is 1. The summed E-state index contributed by atoms with van der Waals surface area (Å²) in [4.78, 5) is 0. The number of allylic oxidation sites excluding steroid dienone is 1. The van der Waals surface area contributed by atoms with Crippen LogP contribution in [0.2, 0.25) is 0 Å². The third-order valence-electron chi connectivity index (χ3n) is 3.16. The molecule has 3 heteroatoms. The predicted octanol–water partition coefficient (Wildman–Crippen LogP) is 2.88. The first-order valence-electron chi connectivity index (χ1n) is 6.42. The summed E-state index contributed by atoms with van der Waals surface area (Å²) in [6, 6.07) is 0. The van der Waals surface area contributed by atoms with E-state index in [0.29, 0.717) is 5.92 Å². The van der Waals surface area contributed by atoms with Crippen molar-refractivity contribution in [3.63, 3.8) is 0 Å². The average Bonchev–Trinajstić information content (AvgIpc) is 2.40. The van der Waals surface area contributed by atoms with Crippen molar-refractivity contribution in [1.82, 2.24) is 0 Å². The van der Waals surface area contributed by atoms with Gasteiger partial charge in [0, 0.05) is 0 Å². The highest BCUT2D eigenvalue weighted by Gasteiger charge is 2.46. The van der Waals surface area contributed by atoms with Crippen LogP contribution >= 0.6 is 0 Å². The van der Waals surface area contributed by atoms with E-state index >= 15 is 0 Å². The summed E-state index contributed by atoms with van der Waals surface area (Å²) in [5, 5.41) is 8.72. The standard InChI is InChI=1S/C14H26O3/c1-11(7-6-10-15)8-9-12-13(2,3)17-14(4,5)16-12/h6-7,11-12,15H,8-10H2,1-5H3/b7-6+/t11-,12?/m1/s1. The molecule has 0 spiro atoms. The molecule has 0 aromatic rings. The van der Waals surface area contributed by atoms with Crippen molar-refractivity contribution < 1.29 is 14.6 Å². The number of ether oxygens (including phenoxy) is 2. The Labute approximate surface area is 105 Å². The number of aliphatic hydroxyl groups is 1. The summed E-state index contributed by atoms with van der Waals surface area (Å²) in [7, 11) is 0. The van der Waals surface area contributed by atoms with Crippen molar-refractivity contribution in [3.8, 4) is 0 Å². The summed E-state index contributed by atoms with van der Waals surface area (Å²) in [5.74, 6) is -0.0107. The lowest BCUT2D eigenvalue weighted by Crippen LogP contribution is -2.33. The number of hydrogen-bond donors (Lipinski definition) is 1. The summed E-state index contributed by atoms with van der Waals surface area (Å²) in [5.41, 5.74) is -0.218. The van der Waals surface area contributed by atoms with E-state index in [0.717, 1.165) is 12.8 Å². The molecule has 1 N–H and O–H groups in total. The van der Waals surface area contributed by atoms with Gasteiger partial charge in [-0.1, -0.05) is 19.1 Å². The van der Waals surface area contributed by atoms with Gasteiger partial charge in [-0.2, -0.15) is 0 Å². The second-order valence-corrected chi connectivity index (χ2v) is 5.88. The Kier molecular flexibility index (Phi) is 4.76. The maximum absolute atomic E-state index is 8.72. The van der Waals surface area contributed by atoms with Gasteiger partial charge in [0.15, 0.2) is 5.79 Å². The number of hydrogen-bond acceptors (Lipinski definition) is 3. The largest absolute Gasteiger partial charge is 0.392 e. The van der Waals surface area contributed by atoms with Gasteiger partial charge in [0.1, 0.15) is 0 Å². The maximum Gasteiger partial charge on any atom is 0.164 e. The molecule has 1 saturated heterocycles. The normalized spacial score (nSPS) is 28.7. The highest BCUT2D eigenvalue weighted by molar-refractivity contribution is 4.91. The third-order valence-corrected chi connectivity index (χ3v) is 3.16. The quantitative estimate of drug-likeness (QED) is 0.753. The average molecular weight is 242 g/mol. The Balaban J connectivity index is 2.44. The Morgan fingerprint density at radius 2 is 1.94 bits per heavy atom. The van der Waals surface area contributed by atoms with E-state index in [1.165, 1.54) is 0 Å². The fourth-order valence-electron chi connectivity index (χ4n) is 2.42. The molecule has 0 bridgehead atoms. The Bertz CT molecular complexity index is 269. The molecule has 0 amide bonds. The van der Waals surface area contributed by atoms with Gasteiger partial charge in [-0.05, 0) is 46.5 Å². The zero-order chi connectivity index (χ0) is 13.1. The van der Waals surface area contributed by atoms with E-state index in [1.54, 1.807) is 6.08 Å². The first-order chi connectivity index (χ1) is 7.77. The zero-order valence-electron chi connectivity index (χ0n) is 11.7. The molecule has 0 aliphatic carbocycles. The van der Waals surface area contributed by atoms with E-state index < -0.39 is 5.79 Å². The fraction of sp³-hybridized carbons (Fsp3) is 0.857. The van der Waals surface area contributed by atoms with Crippen LogP contribution in [0.15, 0.2) is 12.2 Å². The SMILES string of the molecule is C[C@H](/C=C/CO)CCC1OC(C)(C)OC1(C)C. The minimum atomic E-state index is -0.474. The van der Waals surface area contributed by atoms with Crippen molar-refractivity contribution >= 4 is 0 Å². The smallest absolute Gasteiger partial charge is 0.164 e. The predicted molar refractivity (Wildman–Crippen MR) is 68.7 cm³/mol. The first-order valence-corrected chi connectivity index (χ1v) is 6.42. The molecule has 1 fully saturated rings. The molecule has 17 heavy (non-hydrogen) atoms. The van der Waals surface area contributed by atoms with Crippen LogP contribution in [0.4, 0.5) is 0 Å². The van der Waals surface area contributed by atoms with Gasteiger partial charge in [0.2, 0.25) is 0 Å². The van der Waals surface area contributed by atoms with Gasteiger partial charge in [-0.15, -0.1) is 0 Å². The summed E-state index contributed by atoms with van der Waals surface area (Å²) >= 11 is 0. The van der Waals surface area contributed by atoms with E-state index in [1.807, 2.05) is 19.9 Å². The summed E-state index contributed by atoms with van der Waals surface area (Å²) < 4.78 is 11.8. The van der Waals surface area contributed by atoms with E-state index in [-0.39, 0.29) is 18.3 Å². The van der Waals surface area contributed by atoms with Crippen LogP contribution in [0, 0.1) is 5.92 Å². The fourth-order valence-corrected chi connectivity index (χ4v) is 2.42. The minimum absolute atomic E-state index is 0.117. The van der Waals surface area contributed by atoms with Crippen LogP contribution in [0.1, 0.15) is 47.5 Å². The Morgan fingerprint density at radius 3 is 2.41 bits per heavy atom. The summed E-state index contributed by atoms with van der Waals surface area (Å²) in [6.45, 7) is 10.4. The van der Waals surface area contributed by atoms with Crippen molar-refractivity contribution in [2.24, 2.45) is 5.92 Å². The highest BCUT2D eigenvalue weighted by Crippen LogP contribution is 2.38. The van der Waals surface area contributed by atoms with Gasteiger partial charge in [-0.3, -0.25) is 0 Å². The van der Waals surface area contributed by atoms with Gasteiger partial charge < -0.3 is 14.6 Å². The zero-order valence-corrected chi connectivity index (χ0v) is 11.7. The number of rotatable bonds is 5. The lowest BCUT2D eigenvalue weighted by atomic mass is 9.94. The van der Waals surface area contributed by atoms with Crippen molar-refractivity contribution in [3.05, 3.63) is 12.2 Å². The van der Waals surface area contributed by atoms with Crippen LogP contribution < -0.4 is 0 Å². The molecule has 100 valence electrons. The highest BCUT2D eigenvalue weighted by atomic mass is 16.8. The van der Waals surface area contributed by atoms with Gasteiger partial charge in [0.05, 0.1) is 18.3 Å². The topological polar surface area (TPSA) is 38.7 Å². The van der Waals surface area contributed by atoms with Gasteiger partial charge in [0.25, 0.3) is 0 Å². The van der Waals surface area contributed by atoms with Crippen molar-refractivity contribution in [2.45, 2.75) is 65.0 Å². The van der Waals surface area contributed by atoms with Crippen LogP contribution in [0.5, 0.6) is 0 Å². The molecule has 0 aromatic heterocycles. The lowest BCUT2D eigenvalue weighted by Gasteiger charge is -2.24. The molecule has 1 unspecified atom stereocenters. The van der Waals surface area contributed by atoms with Gasteiger partial charge in [-0.25, -0.2) is 0 Å². The second-order valence-electron chi connectivity index (χ2n) is 5.88. The van der Waals surface area contributed by atoms with E-state index in [2.05, 4.69) is 20.8 Å². The molecule has 1 heterocycles. The van der Waals surface area contributed by atoms with Crippen molar-refractivity contribution in [1.29, 1.82) is 0 Å². The Hall–Kier alpha value is -0.380. The van der Waals surface area contributed by atoms with Crippen LogP contribution in [0.3, 0.4) is 0 Å². The summed E-state index contributed by atoms with van der Waals surface area (Å²) in [6.07, 6.45) is 6.01. The van der Waals surface area contributed by atoms with Gasteiger partial charge >= 0.3 is 0 Å². The Morgan fingerprint density at radius 1 is 1.29 bits per heavy atom. The maximum atomic E-state index is 8.72. The van der Waals surface area contributed by atoms with Crippen LogP contribution in [0.25, 0.3) is 0 Å². The molecule has 0 aromatic carbocycles. The molecule has 2 atom stereocenters. The molecular weight excluding hydrogens is 216 g/mol. The van der Waals surface area contributed by atoms with E-state index in [9.17, 15) is 0 Å². The molecule has 1 rings (SSSR count). The second kappa shape index (κ2) is 5.51. The monoisotopic (exact) mass is 242 g/mol. The molecule has 1 aliphatic rings. The molecule has 3 nitrogen and oxygen atoms in total. The molecule has 0 radical (unpaired) electrons. The van der Waals surface area contributed by atoms with Crippen molar-refractivity contribution in [2.75, 3.05) is 6.61 Å². The van der Waals surface area contributed by atoms with Crippen LogP contribution in [-0.2, 0) is 9.47 Å². The van der Waals surface area contributed by atoms with E-state index in [4.69, 9.17) is 14.6 Å². The molecule has 1 aliphatic heterocycles. The first kappa shape index (κ1) is 14.7. The molecule has 0 saturated carbocycles. The molecular formula is C14H26O3. The minimum Gasteiger partial charge on any atom is -0.392 e. The van der Waals surface area contributed by atoms with Crippen LogP contribution in [-0.4, -0.2) is 29.2 Å². The lowest BCUT2D eigenvalue weighted by molar-refractivity contribution is -0.157.